The molecule has 2 aromatic rings. The first-order valence-electron chi connectivity index (χ1n) is 6.21. The molecule has 2 aromatic heterocycles. The van der Waals surface area contributed by atoms with Crippen molar-refractivity contribution in [1.82, 2.24) is 14.7 Å². The number of hydrogen-bond donors (Lipinski definition) is 2. The predicted molar refractivity (Wildman–Crippen MR) is 69.1 cm³/mol. The molecule has 2 N–H and O–H groups in total. The molecule has 0 radical (unpaired) electrons. The summed E-state index contributed by atoms with van der Waals surface area (Å²) >= 11 is 0. The van der Waals surface area contributed by atoms with Gasteiger partial charge in [-0.2, -0.15) is 0 Å². The summed E-state index contributed by atoms with van der Waals surface area (Å²) in [5.41, 5.74) is 0.976. The van der Waals surface area contributed by atoms with Gasteiger partial charge in [-0.05, 0) is 32.0 Å². The van der Waals surface area contributed by atoms with Crippen molar-refractivity contribution in [3.63, 3.8) is 0 Å². The van der Waals surface area contributed by atoms with Crippen molar-refractivity contribution < 1.29 is 0 Å². The van der Waals surface area contributed by atoms with E-state index < -0.39 is 0 Å². The Morgan fingerprint density at radius 2 is 1.89 bits per heavy atom. The molecule has 0 aliphatic carbocycles. The van der Waals surface area contributed by atoms with Crippen LogP contribution in [0, 0.1) is 0 Å². The SMILES string of the molecule is O=c1cccc2[nH]c(C3CCNCC3)cc(=O)n12. The number of nitrogens with one attached hydrogen (secondary N) is 2. The molecule has 1 aliphatic rings. The van der Waals surface area contributed by atoms with Gasteiger partial charge in [-0.15, -0.1) is 0 Å². The van der Waals surface area contributed by atoms with E-state index in [1.807, 2.05) is 0 Å². The van der Waals surface area contributed by atoms with Gasteiger partial charge in [0.25, 0.3) is 11.1 Å². The van der Waals surface area contributed by atoms with Crippen LogP contribution in [-0.4, -0.2) is 22.5 Å². The highest BCUT2D eigenvalue weighted by Gasteiger charge is 2.17. The summed E-state index contributed by atoms with van der Waals surface area (Å²) in [6.07, 6.45) is 2.03. The molecule has 1 saturated heterocycles. The molecular weight excluding hydrogens is 230 g/mol. The third-order valence-corrected chi connectivity index (χ3v) is 3.50. The highest BCUT2D eigenvalue weighted by molar-refractivity contribution is 5.38. The summed E-state index contributed by atoms with van der Waals surface area (Å²) in [7, 11) is 0. The van der Waals surface area contributed by atoms with Crippen LogP contribution >= 0.6 is 0 Å². The Labute approximate surface area is 103 Å². The van der Waals surface area contributed by atoms with E-state index in [-0.39, 0.29) is 11.1 Å². The lowest BCUT2D eigenvalue weighted by Crippen LogP contribution is -2.30. The summed E-state index contributed by atoms with van der Waals surface area (Å²) in [6.45, 7) is 1.94. The normalized spacial score (nSPS) is 17.1. The van der Waals surface area contributed by atoms with Crippen molar-refractivity contribution in [1.29, 1.82) is 0 Å². The lowest BCUT2D eigenvalue weighted by molar-refractivity contribution is 0.453. The molecule has 0 spiro atoms. The van der Waals surface area contributed by atoms with Crippen molar-refractivity contribution in [3.05, 3.63) is 50.7 Å². The van der Waals surface area contributed by atoms with Gasteiger partial charge in [-0.25, -0.2) is 4.40 Å². The third kappa shape index (κ3) is 1.86. The fraction of sp³-hybridized carbons (Fsp3) is 0.385. The van der Waals surface area contributed by atoms with Crippen LogP contribution in [0.5, 0.6) is 0 Å². The zero-order chi connectivity index (χ0) is 12.5. The lowest BCUT2D eigenvalue weighted by atomic mass is 9.94. The van der Waals surface area contributed by atoms with Crippen molar-refractivity contribution in [2.24, 2.45) is 0 Å². The Balaban J connectivity index is 2.15. The van der Waals surface area contributed by atoms with Crippen molar-refractivity contribution in [2.45, 2.75) is 18.8 Å². The highest BCUT2D eigenvalue weighted by atomic mass is 16.2. The number of pyridine rings is 1. The average Bonchev–Trinajstić information content (AvgIpc) is 2.39. The molecule has 0 saturated carbocycles. The molecular formula is C13H15N3O2. The van der Waals surface area contributed by atoms with Crippen LogP contribution in [-0.2, 0) is 0 Å². The third-order valence-electron chi connectivity index (χ3n) is 3.50. The summed E-state index contributed by atoms with van der Waals surface area (Å²) < 4.78 is 1.17. The molecule has 0 aromatic carbocycles. The number of piperidine rings is 1. The quantitative estimate of drug-likeness (QED) is 0.767. The second-order valence-electron chi connectivity index (χ2n) is 4.67. The van der Waals surface area contributed by atoms with E-state index in [1.54, 1.807) is 18.2 Å². The van der Waals surface area contributed by atoms with Gasteiger partial charge in [-0.1, -0.05) is 6.07 Å². The first kappa shape index (κ1) is 11.2. The minimum absolute atomic E-state index is 0.247. The standard InChI is InChI=1S/C13H15N3O2/c17-12-3-1-2-11-15-10(8-13(18)16(11)12)9-4-6-14-7-5-9/h1-3,8-9,14-15H,4-7H2. The average molecular weight is 245 g/mol. The molecule has 5 nitrogen and oxygen atoms in total. The Morgan fingerprint density at radius 1 is 1.11 bits per heavy atom. The Bertz CT molecular complexity index is 680. The zero-order valence-electron chi connectivity index (χ0n) is 9.98. The molecule has 1 fully saturated rings. The van der Waals surface area contributed by atoms with E-state index in [2.05, 4.69) is 10.3 Å². The molecule has 18 heavy (non-hydrogen) atoms. The van der Waals surface area contributed by atoms with Gasteiger partial charge < -0.3 is 10.3 Å². The maximum Gasteiger partial charge on any atom is 0.260 e. The fourth-order valence-electron chi connectivity index (χ4n) is 2.55. The van der Waals surface area contributed by atoms with Crippen LogP contribution in [0.2, 0.25) is 0 Å². The van der Waals surface area contributed by atoms with Crippen LogP contribution in [0.15, 0.2) is 33.9 Å². The Hall–Kier alpha value is -1.88. The van der Waals surface area contributed by atoms with E-state index in [9.17, 15) is 9.59 Å². The minimum Gasteiger partial charge on any atom is -0.344 e. The molecule has 3 rings (SSSR count). The topological polar surface area (TPSA) is 66.4 Å². The summed E-state index contributed by atoms with van der Waals surface area (Å²) in [6, 6.07) is 6.38. The number of aromatic nitrogens is 2. The molecule has 0 bridgehead atoms. The second kappa shape index (κ2) is 4.42. The van der Waals surface area contributed by atoms with E-state index in [4.69, 9.17) is 0 Å². The number of H-pyrrole nitrogens is 1. The highest BCUT2D eigenvalue weighted by Crippen LogP contribution is 2.22. The van der Waals surface area contributed by atoms with Crippen molar-refractivity contribution >= 4 is 5.65 Å². The molecule has 1 aliphatic heterocycles. The monoisotopic (exact) mass is 245 g/mol. The molecule has 3 heterocycles. The zero-order valence-corrected chi connectivity index (χ0v) is 9.98. The van der Waals surface area contributed by atoms with Crippen molar-refractivity contribution in [3.8, 4) is 0 Å². The summed E-state index contributed by atoms with van der Waals surface area (Å²) in [5.74, 6) is 0.374. The fourth-order valence-corrected chi connectivity index (χ4v) is 2.55. The molecule has 5 heteroatoms. The van der Waals surface area contributed by atoms with Crippen LogP contribution in [0.1, 0.15) is 24.5 Å². The van der Waals surface area contributed by atoms with Crippen LogP contribution in [0.4, 0.5) is 0 Å². The lowest BCUT2D eigenvalue weighted by Gasteiger charge is -2.22. The van der Waals surface area contributed by atoms with Gasteiger partial charge >= 0.3 is 0 Å². The number of fused-ring (bicyclic) bond motifs is 1. The van der Waals surface area contributed by atoms with Gasteiger partial charge in [0.1, 0.15) is 5.65 Å². The molecule has 94 valence electrons. The number of rotatable bonds is 1. The van der Waals surface area contributed by atoms with E-state index in [0.29, 0.717) is 11.6 Å². The van der Waals surface area contributed by atoms with Gasteiger partial charge in [-0.3, -0.25) is 9.59 Å². The first-order valence-corrected chi connectivity index (χ1v) is 6.21. The minimum atomic E-state index is -0.286. The van der Waals surface area contributed by atoms with Gasteiger partial charge in [0, 0.05) is 23.7 Å². The van der Waals surface area contributed by atoms with Crippen LogP contribution in [0.25, 0.3) is 5.65 Å². The maximum atomic E-state index is 12.0. The van der Waals surface area contributed by atoms with Crippen LogP contribution in [0.3, 0.4) is 0 Å². The number of hydrogen-bond acceptors (Lipinski definition) is 3. The molecule has 0 unspecified atom stereocenters. The smallest absolute Gasteiger partial charge is 0.260 e. The van der Waals surface area contributed by atoms with Gasteiger partial charge in [0.15, 0.2) is 0 Å². The summed E-state index contributed by atoms with van der Waals surface area (Å²) in [4.78, 5) is 26.8. The molecule has 0 amide bonds. The Kier molecular flexibility index (Phi) is 2.76. The van der Waals surface area contributed by atoms with Gasteiger partial charge in [0.2, 0.25) is 0 Å². The predicted octanol–water partition coefficient (Wildman–Crippen LogP) is 0.455. The van der Waals surface area contributed by atoms with E-state index >= 15 is 0 Å². The van der Waals surface area contributed by atoms with E-state index in [0.717, 1.165) is 31.6 Å². The van der Waals surface area contributed by atoms with E-state index in [1.165, 1.54) is 10.5 Å². The number of nitrogens with zero attached hydrogens (tertiary/aromatic N) is 1. The maximum absolute atomic E-state index is 12.0. The van der Waals surface area contributed by atoms with Crippen molar-refractivity contribution in [2.75, 3.05) is 13.1 Å². The molecule has 0 atom stereocenters. The largest absolute Gasteiger partial charge is 0.344 e. The second-order valence-corrected chi connectivity index (χ2v) is 4.67. The summed E-state index contributed by atoms with van der Waals surface area (Å²) in [5, 5.41) is 3.30. The van der Waals surface area contributed by atoms with Gasteiger partial charge in [0.05, 0.1) is 0 Å². The first-order chi connectivity index (χ1) is 8.75. The Morgan fingerprint density at radius 3 is 2.67 bits per heavy atom. The van der Waals surface area contributed by atoms with Crippen LogP contribution < -0.4 is 16.4 Å². The number of aromatic amines is 1.